The molecule has 1 aliphatic carbocycles. The molecule has 2 N–H and O–H groups in total. The summed E-state index contributed by atoms with van der Waals surface area (Å²) in [6, 6.07) is 12.1. The summed E-state index contributed by atoms with van der Waals surface area (Å²) in [7, 11) is 1.56. The zero-order valence-electron chi connectivity index (χ0n) is 24.0. The fourth-order valence-corrected chi connectivity index (χ4v) is 7.52. The van der Waals surface area contributed by atoms with Crippen molar-refractivity contribution in [3.63, 3.8) is 0 Å². The molecule has 8 nitrogen and oxygen atoms in total. The van der Waals surface area contributed by atoms with Gasteiger partial charge in [0.25, 0.3) is 11.8 Å². The van der Waals surface area contributed by atoms with Crippen molar-refractivity contribution in [2.75, 3.05) is 13.7 Å². The van der Waals surface area contributed by atoms with Gasteiger partial charge in [-0.05, 0) is 94.5 Å². The van der Waals surface area contributed by atoms with Gasteiger partial charge in [-0.25, -0.2) is 0 Å². The average molecular weight is 573 g/mol. The maximum absolute atomic E-state index is 14.3. The number of benzene rings is 1. The highest BCUT2D eigenvalue weighted by Gasteiger charge is 2.45. The summed E-state index contributed by atoms with van der Waals surface area (Å²) in [5.41, 5.74) is 3.28. The van der Waals surface area contributed by atoms with Crippen LogP contribution >= 0.6 is 11.3 Å². The van der Waals surface area contributed by atoms with Crippen molar-refractivity contribution < 1.29 is 19.4 Å². The Kier molecular flexibility index (Phi) is 6.74. The number of likely N-dealkylation sites (tertiary alicyclic amines) is 1. The Hall–Kier alpha value is -3.61. The summed E-state index contributed by atoms with van der Waals surface area (Å²) in [6.07, 6.45) is 3.79. The maximum Gasteiger partial charge on any atom is 0.271 e. The van der Waals surface area contributed by atoms with Gasteiger partial charge in [0.15, 0.2) is 0 Å². The van der Waals surface area contributed by atoms with Gasteiger partial charge >= 0.3 is 0 Å². The van der Waals surface area contributed by atoms with E-state index in [1.165, 1.54) is 0 Å². The van der Waals surface area contributed by atoms with Crippen LogP contribution < -0.4 is 10.1 Å². The lowest BCUT2D eigenvalue weighted by atomic mass is 9.78. The Morgan fingerprint density at radius 3 is 2.61 bits per heavy atom. The van der Waals surface area contributed by atoms with Gasteiger partial charge in [0.1, 0.15) is 17.0 Å². The van der Waals surface area contributed by atoms with Crippen LogP contribution in [0.3, 0.4) is 0 Å². The summed E-state index contributed by atoms with van der Waals surface area (Å²) in [6.45, 7) is 6.44. The number of methoxy groups -OCH3 is 1. The van der Waals surface area contributed by atoms with Gasteiger partial charge in [0.2, 0.25) is 0 Å². The molecule has 41 heavy (non-hydrogen) atoms. The second-order valence-electron chi connectivity index (χ2n) is 12.0. The minimum absolute atomic E-state index is 0.0215. The van der Waals surface area contributed by atoms with E-state index in [4.69, 9.17) is 4.74 Å². The van der Waals surface area contributed by atoms with E-state index in [0.717, 1.165) is 46.5 Å². The van der Waals surface area contributed by atoms with Gasteiger partial charge in [-0.15, -0.1) is 11.3 Å². The number of ether oxygens (including phenoxy) is 1. The predicted octanol–water partition coefficient (Wildman–Crippen LogP) is 5.56. The number of aliphatic hydroxyl groups is 1. The Morgan fingerprint density at radius 2 is 2.00 bits per heavy atom. The minimum Gasteiger partial charge on any atom is -0.496 e. The van der Waals surface area contributed by atoms with Crippen LogP contribution in [0.4, 0.5) is 0 Å². The number of nitriles is 1. The molecule has 1 aromatic carbocycles. The fraction of sp³-hybridized carbons (Fsp3) is 0.469. The quantitative estimate of drug-likeness (QED) is 0.402. The first-order valence-electron chi connectivity index (χ1n) is 14.4. The molecular weight excluding hydrogens is 536 g/mol. The molecule has 9 heteroatoms. The number of carbonyl (C=O) groups excluding carboxylic acids is 2. The van der Waals surface area contributed by atoms with Crippen molar-refractivity contribution in [2.45, 2.75) is 82.5 Å². The van der Waals surface area contributed by atoms with Crippen molar-refractivity contribution >= 4 is 23.2 Å². The topological polar surface area (TPSA) is 108 Å². The zero-order valence-corrected chi connectivity index (χ0v) is 24.8. The molecule has 2 amide bonds. The van der Waals surface area contributed by atoms with Crippen LogP contribution in [0.1, 0.15) is 85.3 Å². The molecule has 3 atom stereocenters. The highest BCUT2D eigenvalue weighted by Crippen LogP contribution is 2.47. The van der Waals surface area contributed by atoms with Crippen LogP contribution in [0.2, 0.25) is 0 Å². The number of aliphatic hydroxyl groups excluding tert-OH is 1. The van der Waals surface area contributed by atoms with E-state index in [9.17, 15) is 20.0 Å². The van der Waals surface area contributed by atoms with Crippen molar-refractivity contribution in [3.05, 3.63) is 52.5 Å². The molecule has 0 unspecified atom stereocenters. The number of rotatable bonds is 6. The molecule has 1 saturated heterocycles. The molecule has 1 saturated carbocycles. The molecule has 2 aliphatic heterocycles. The molecule has 2 fully saturated rings. The molecule has 4 heterocycles. The lowest BCUT2D eigenvalue weighted by Crippen LogP contribution is -2.52. The molecule has 6 rings (SSSR count). The SMILES string of the molecule is COc1cc2c(cc1C(=O)NC1(C#N)CCC1)-c1c(-c3cccs3)cc(C(=O)N3CCC[C@]3(C)[C@@H](C)O)n1[C@H](C)C2. The second-order valence-corrected chi connectivity index (χ2v) is 12.9. The van der Waals surface area contributed by atoms with Gasteiger partial charge in [0, 0.05) is 28.6 Å². The normalized spacial score (nSPS) is 23.1. The smallest absolute Gasteiger partial charge is 0.271 e. The van der Waals surface area contributed by atoms with Gasteiger partial charge in [-0.1, -0.05) is 6.07 Å². The van der Waals surface area contributed by atoms with E-state index in [1.807, 2.05) is 47.5 Å². The van der Waals surface area contributed by atoms with E-state index in [0.29, 0.717) is 42.8 Å². The minimum atomic E-state index is -0.833. The zero-order chi connectivity index (χ0) is 29.1. The van der Waals surface area contributed by atoms with Crippen LogP contribution in [0, 0.1) is 11.3 Å². The lowest BCUT2D eigenvalue weighted by Gasteiger charge is -2.38. The lowest BCUT2D eigenvalue weighted by molar-refractivity contribution is 0.0144. The molecule has 2 aromatic heterocycles. The monoisotopic (exact) mass is 572 g/mol. The van der Waals surface area contributed by atoms with Crippen molar-refractivity contribution in [3.8, 4) is 33.5 Å². The number of nitrogens with zero attached hydrogens (tertiary/aromatic N) is 3. The van der Waals surface area contributed by atoms with E-state index in [1.54, 1.807) is 25.4 Å². The first-order chi connectivity index (χ1) is 19.6. The summed E-state index contributed by atoms with van der Waals surface area (Å²) < 4.78 is 7.80. The average Bonchev–Trinajstić information content (AvgIpc) is 3.69. The molecule has 3 aromatic rings. The van der Waals surface area contributed by atoms with Crippen molar-refractivity contribution in [2.24, 2.45) is 0 Å². The largest absolute Gasteiger partial charge is 0.496 e. The summed E-state index contributed by atoms with van der Waals surface area (Å²) >= 11 is 1.61. The Morgan fingerprint density at radius 1 is 1.22 bits per heavy atom. The molecular formula is C32H36N4O4S. The highest BCUT2D eigenvalue weighted by molar-refractivity contribution is 7.13. The number of carbonyl (C=O) groups is 2. The first-order valence-corrected chi connectivity index (χ1v) is 15.2. The van der Waals surface area contributed by atoms with Crippen LogP contribution in [0.5, 0.6) is 5.75 Å². The van der Waals surface area contributed by atoms with Crippen molar-refractivity contribution in [1.82, 2.24) is 14.8 Å². The third-order valence-corrected chi connectivity index (χ3v) is 10.4. The number of fused-ring (bicyclic) bond motifs is 3. The Labute approximate surface area is 244 Å². The van der Waals surface area contributed by atoms with E-state index < -0.39 is 17.2 Å². The van der Waals surface area contributed by atoms with E-state index in [2.05, 4.69) is 22.9 Å². The van der Waals surface area contributed by atoms with E-state index >= 15 is 0 Å². The highest BCUT2D eigenvalue weighted by atomic mass is 32.1. The number of hydrogen-bond donors (Lipinski definition) is 2. The first kappa shape index (κ1) is 27.6. The van der Waals surface area contributed by atoms with E-state index in [-0.39, 0.29) is 17.9 Å². The predicted molar refractivity (Wildman–Crippen MR) is 158 cm³/mol. The van der Waals surface area contributed by atoms with Gasteiger partial charge in [0.05, 0.1) is 36.1 Å². The van der Waals surface area contributed by atoms with Crippen LogP contribution in [0.15, 0.2) is 35.7 Å². The number of amides is 2. The fourth-order valence-electron chi connectivity index (χ4n) is 6.78. The van der Waals surface area contributed by atoms with Crippen LogP contribution in [-0.4, -0.2) is 57.2 Å². The summed E-state index contributed by atoms with van der Waals surface area (Å²) in [5.74, 6) is 0.0543. The molecule has 0 spiro atoms. The second kappa shape index (κ2) is 10.0. The number of thiophene rings is 1. The molecule has 214 valence electrons. The van der Waals surface area contributed by atoms with Gasteiger partial charge < -0.3 is 24.6 Å². The molecule has 0 bridgehead atoms. The van der Waals surface area contributed by atoms with Crippen molar-refractivity contribution in [1.29, 1.82) is 5.26 Å². The number of nitrogens with one attached hydrogen (secondary N) is 1. The van der Waals surface area contributed by atoms with Gasteiger partial charge in [-0.3, -0.25) is 9.59 Å². The summed E-state index contributed by atoms with van der Waals surface area (Å²) in [5, 5.41) is 25.3. The standard InChI is InChI=1S/C32H36N4O4S/c1-19-14-21-15-26(40-4)23(29(38)34-32(18-33)10-6-11-32)16-22(21)28-24(27-8-5-13-41-27)17-25(36(19)28)30(39)35-12-7-9-31(35,3)20(2)37/h5,8,13,15-17,19-20,37H,6-7,9-12,14H2,1-4H3,(H,34,38)/t19-,20-,31-/m1/s1. The van der Waals surface area contributed by atoms with Crippen LogP contribution in [-0.2, 0) is 6.42 Å². The number of aromatic nitrogens is 1. The number of hydrogen-bond acceptors (Lipinski definition) is 6. The Balaban J connectivity index is 1.51. The third kappa shape index (κ3) is 4.27. The molecule has 0 radical (unpaired) electrons. The Bertz CT molecular complexity index is 1560. The van der Waals surface area contributed by atoms with Crippen LogP contribution in [0.25, 0.3) is 21.7 Å². The third-order valence-electron chi connectivity index (χ3n) is 9.52. The maximum atomic E-state index is 14.3. The van der Waals surface area contributed by atoms with Gasteiger partial charge in [-0.2, -0.15) is 5.26 Å². The summed E-state index contributed by atoms with van der Waals surface area (Å²) in [4.78, 5) is 30.7. The molecule has 3 aliphatic rings.